The van der Waals surface area contributed by atoms with E-state index in [1.165, 1.54) is 0 Å². The van der Waals surface area contributed by atoms with Crippen LogP contribution in [-0.2, 0) is 0 Å². The van der Waals surface area contributed by atoms with Gasteiger partial charge >= 0.3 is 4.90 Å². The largest absolute Gasteiger partial charge is 0.398 e. The average molecular weight is 145 g/mol. The van der Waals surface area contributed by atoms with Gasteiger partial charge in [0.25, 0.3) is 0 Å². The number of hydrogen-bond donors (Lipinski definition) is 0. The molecule has 0 aliphatic rings. The maximum absolute atomic E-state index is 4.88. The van der Waals surface area contributed by atoms with E-state index in [0.29, 0.717) is 5.89 Å². The van der Waals surface area contributed by atoms with Gasteiger partial charge < -0.3 is 8.94 Å². The van der Waals surface area contributed by atoms with Gasteiger partial charge in [0.15, 0.2) is 0 Å². The summed E-state index contributed by atoms with van der Waals surface area (Å²) in [7, 11) is 0. The molecule has 0 aliphatic heterocycles. The van der Waals surface area contributed by atoms with E-state index in [9.17, 15) is 0 Å². The van der Waals surface area contributed by atoms with Gasteiger partial charge in [-0.05, 0) is 5.16 Å². The Morgan fingerprint density at radius 3 is 2.44 bits per heavy atom. The Hall–Kier alpha value is -0.640. The molecule has 0 spiro atoms. The lowest BCUT2D eigenvalue weighted by Gasteiger charge is -1.90. The number of nitrogens with zero attached hydrogens (tertiary/aromatic N) is 1. The van der Waals surface area contributed by atoms with Gasteiger partial charge in [0.1, 0.15) is 0 Å². The van der Waals surface area contributed by atoms with Gasteiger partial charge in [-0.2, -0.15) is 0 Å². The Balaban J connectivity index is 2.98. The molecule has 0 aliphatic carbocycles. The molecule has 4 heteroatoms. The molecule has 0 saturated carbocycles. The number of aromatic nitrogens is 1. The fourth-order valence-corrected chi connectivity index (χ4v) is 0.551. The highest BCUT2D eigenvalue weighted by Gasteiger charge is 2.04. The molecule has 0 bridgehead atoms. The Labute approximate surface area is 57.7 Å². The van der Waals surface area contributed by atoms with Crippen molar-refractivity contribution in [1.82, 2.24) is 5.16 Å². The van der Waals surface area contributed by atoms with Crippen LogP contribution in [-0.4, -0.2) is 5.16 Å². The van der Waals surface area contributed by atoms with Gasteiger partial charge in [-0.15, -0.1) is 0 Å². The molecule has 0 atom stereocenters. The highest BCUT2D eigenvalue weighted by atomic mass is 32.1. The fourth-order valence-electron chi connectivity index (χ4n) is 0.428. The van der Waals surface area contributed by atoms with Gasteiger partial charge in [-0.3, -0.25) is 0 Å². The second-order valence-corrected chi connectivity index (χ2v) is 2.36. The first-order chi connectivity index (χ1) is 4.20. The zero-order valence-electron chi connectivity index (χ0n) is 5.25. The van der Waals surface area contributed by atoms with Crippen molar-refractivity contribution >= 4 is 12.2 Å². The minimum atomic E-state index is 0.0960. The number of hydrogen-bond acceptors (Lipinski definition) is 4. The summed E-state index contributed by atoms with van der Waals surface area (Å²) >= 11 is 4.56. The SMILES string of the molecule is CC(C)c1noc(=S)o1. The second kappa shape index (κ2) is 2.31. The summed E-state index contributed by atoms with van der Waals surface area (Å²) in [5, 5.41) is 3.57. The number of rotatable bonds is 1. The molecule has 1 heterocycles. The quantitative estimate of drug-likeness (QED) is 0.567. The van der Waals surface area contributed by atoms with Crippen molar-refractivity contribution in [2.75, 3.05) is 0 Å². The first kappa shape index (κ1) is 6.48. The van der Waals surface area contributed by atoms with E-state index in [1.807, 2.05) is 13.8 Å². The predicted octanol–water partition coefficient (Wildman–Crippen LogP) is 2.12. The van der Waals surface area contributed by atoms with Crippen LogP contribution in [0.25, 0.3) is 0 Å². The molecular weight excluding hydrogens is 138 g/mol. The minimum Gasteiger partial charge on any atom is -0.398 e. The van der Waals surface area contributed by atoms with Crippen molar-refractivity contribution in [3.05, 3.63) is 10.8 Å². The Morgan fingerprint density at radius 1 is 1.56 bits per heavy atom. The van der Waals surface area contributed by atoms with Crippen LogP contribution < -0.4 is 0 Å². The van der Waals surface area contributed by atoms with Crippen LogP contribution in [0.3, 0.4) is 0 Å². The first-order valence-electron chi connectivity index (χ1n) is 2.67. The summed E-state index contributed by atoms with van der Waals surface area (Å²) in [4.78, 5) is 0.0960. The van der Waals surface area contributed by atoms with E-state index in [1.54, 1.807) is 0 Å². The average Bonchev–Trinajstić information content (AvgIpc) is 2.14. The van der Waals surface area contributed by atoms with Crippen LogP contribution in [0.15, 0.2) is 8.94 Å². The van der Waals surface area contributed by atoms with E-state index in [2.05, 4.69) is 21.9 Å². The van der Waals surface area contributed by atoms with Crippen LogP contribution in [0.4, 0.5) is 0 Å². The normalized spacial score (nSPS) is 10.6. The first-order valence-corrected chi connectivity index (χ1v) is 3.07. The molecule has 1 aromatic rings. The van der Waals surface area contributed by atoms with Crippen LogP contribution in [0.2, 0.25) is 0 Å². The standard InChI is InChI=1S/C5H7NO2S/c1-3(2)4-6-8-5(9)7-4/h3H,1-2H3. The molecule has 0 radical (unpaired) electrons. The van der Waals surface area contributed by atoms with Crippen molar-refractivity contribution in [1.29, 1.82) is 0 Å². The van der Waals surface area contributed by atoms with E-state index in [4.69, 9.17) is 4.42 Å². The zero-order valence-corrected chi connectivity index (χ0v) is 6.07. The zero-order chi connectivity index (χ0) is 6.85. The van der Waals surface area contributed by atoms with Crippen molar-refractivity contribution in [3.8, 4) is 0 Å². The van der Waals surface area contributed by atoms with E-state index < -0.39 is 0 Å². The maximum atomic E-state index is 4.88. The molecule has 0 amide bonds. The van der Waals surface area contributed by atoms with Crippen LogP contribution in [0.5, 0.6) is 0 Å². The molecule has 0 unspecified atom stereocenters. The molecule has 3 nitrogen and oxygen atoms in total. The Kier molecular flexibility index (Phi) is 1.66. The molecule has 1 aromatic heterocycles. The smallest absolute Gasteiger partial charge is 0.386 e. The summed E-state index contributed by atoms with van der Waals surface area (Å²) in [6.07, 6.45) is 0. The highest BCUT2D eigenvalue weighted by molar-refractivity contribution is 7.71. The summed E-state index contributed by atoms with van der Waals surface area (Å²) in [5.74, 6) is 0.797. The van der Waals surface area contributed by atoms with Gasteiger partial charge in [0.2, 0.25) is 5.89 Å². The highest BCUT2D eigenvalue weighted by Crippen LogP contribution is 2.10. The third kappa shape index (κ3) is 1.38. The molecule has 0 saturated heterocycles. The monoisotopic (exact) mass is 145 g/mol. The third-order valence-corrected chi connectivity index (χ3v) is 1.05. The van der Waals surface area contributed by atoms with Gasteiger partial charge in [-0.25, -0.2) is 0 Å². The third-order valence-electron chi connectivity index (χ3n) is 0.892. The maximum Gasteiger partial charge on any atom is 0.386 e. The summed E-state index contributed by atoms with van der Waals surface area (Å²) in [6.45, 7) is 3.91. The topological polar surface area (TPSA) is 39.2 Å². The van der Waals surface area contributed by atoms with E-state index in [0.717, 1.165) is 0 Å². The molecule has 0 N–H and O–H groups in total. The van der Waals surface area contributed by atoms with Crippen molar-refractivity contribution < 1.29 is 8.94 Å². The molecule has 50 valence electrons. The van der Waals surface area contributed by atoms with Gasteiger partial charge in [-0.1, -0.05) is 13.8 Å². The predicted molar refractivity (Wildman–Crippen MR) is 33.7 cm³/mol. The van der Waals surface area contributed by atoms with E-state index in [-0.39, 0.29) is 10.8 Å². The fraction of sp³-hybridized carbons (Fsp3) is 0.600. The summed E-state index contributed by atoms with van der Waals surface area (Å²) in [6, 6.07) is 0. The van der Waals surface area contributed by atoms with Crippen LogP contribution >= 0.6 is 12.2 Å². The molecule has 0 aromatic carbocycles. The van der Waals surface area contributed by atoms with Crippen molar-refractivity contribution in [2.24, 2.45) is 0 Å². The Bertz CT molecular complexity index is 237. The van der Waals surface area contributed by atoms with Crippen LogP contribution in [0.1, 0.15) is 25.7 Å². The van der Waals surface area contributed by atoms with Crippen LogP contribution in [0, 0.1) is 4.90 Å². The van der Waals surface area contributed by atoms with Gasteiger partial charge in [0.05, 0.1) is 0 Å². The molecule has 9 heavy (non-hydrogen) atoms. The lowest BCUT2D eigenvalue weighted by atomic mass is 10.2. The lowest BCUT2D eigenvalue weighted by Crippen LogP contribution is -1.83. The molecular formula is C5H7NO2S. The summed E-state index contributed by atoms with van der Waals surface area (Å²) < 4.78 is 9.41. The van der Waals surface area contributed by atoms with E-state index >= 15 is 0 Å². The molecule has 0 fully saturated rings. The van der Waals surface area contributed by atoms with Crippen molar-refractivity contribution in [2.45, 2.75) is 19.8 Å². The van der Waals surface area contributed by atoms with Crippen molar-refractivity contribution in [3.63, 3.8) is 0 Å². The Morgan fingerprint density at radius 2 is 2.22 bits per heavy atom. The summed E-state index contributed by atoms with van der Waals surface area (Å²) in [5.41, 5.74) is 0. The second-order valence-electron chi connectivity index (χ2n) is 2.03. The minimum absolute atomic E-state index is 0.0960. The van der Waals surface area contributed by atoms with Gasteiger partial charge in [0, 0.05) is 18.1 Å². The lowest BCUT2D eigenvalue weighted by molar-refractivity contribution is 0.362. The molecule has 1 rings (SSSR count).